The standard InChI is InChI=1S/C24H29N5O5S2/c1-3-27-10-9-19-20(15-25)23(35-21(19)16-27)26-22(30)17-5-7-18(8-6-17)36(32,33)29-13-11-28(12-14-29)24(31)34-4-2/h5-8H,3-4,9-14,16H2,1-2H3,(H,26,30). The van der Waals surface area contributed by atoms with Crippen molar-refractivity contribution < 1.29 is 22.7 Å². The number of rotatable bonds is 6. The van der Waals surface area contributed by atoms with Crippen molar-refractivity contribution in [2.75, 3.05) is 51.2 Å². The average Bonchev–Trinajstić information content (AvgIpc) is 3.24. The molecule has 2 aromatic rings. The van der Waals surface area contributed by atoms with Crippen molar-refractivity contribution >= 4 is 38.4 Å². The summed E-state index contributed by atoms with van der Waals surface area (Å²) in [7, 11) is -3.77. The van der Waals surface area contributed by atoms with Crippen LogP contribution in [0.4, 0.5) is 9.80 Å². The van der Waals surface area contributed by atoms with Gasteiger partial charge in [0.15, 0.2) is 0 Å². The molecule has 2 amide bonds. The highest BCUT2D eigenvalue weighted by Gasteiger charge is 2.31. The molecule has 12 heteroatoms. The Morgan fingerprint density at radius 3 is 2.42 bits per heavy atom. The van der Waals surface area contributed by atoms with Crippen LogP contribution in [0.3, 0.4) is 0 Å². The Balaban J connectivity index is 1.43. The van der Waals surface area contributed by atoms with Gasteiger partial charge in [-0.05, 0) is 49.7 Å². The molecule has 1 saturated heterocycles. The molecule has 3 heterocycles. The summed E-state index contributed by atoms with van der Waals surface area (Å²) in [5.41, 5.74) is 1.82. The second-order valence-electron chi connectivity index (χ2n) is 8.51. The molecule has 0 aliphatic carbocycles. The van der Waals surface area contributed by atoms with Gasteiger partial charge in [0, 0.05) is 49.7 Å². The summed E-state index contributed by atoms with van der Waals surface area (Å²) in [6.45, 7) is 7.49. The fourth-order valence-electron chi connectivity index (χ4n) is 4.36. The number of hydrogen-bond acceptors (Lipinski definition) is 8. The molecule has 2 aliphatic heterocycles. The second kappa shape index (κ2) is 11.0. The van der Waals surface area contributed by atoms with E-state index in [2.05, 4.69) is 23.2 Å². The number of likely N-dealkylation sites (N-methyl/N-ethyl adjacent to an activating group) is 1. The van der Waals surface area contributed by atoms with Gasteiger partial charge in [-0.3, -0.25) is 9.69 Å². The van der Waals surface area contributed by atoms with E-state index in [4.69, 9.17) is 4.74 Å². The number of carbonyl (C=O) groups excluding carboxylic acids is 2. The van der Waals surface area contributed by atoms with Crippen LogP contribution in [0.2, 0.25) is 0 Å². The summed E-state index contributed by atoms with van der Waals surface area (Å²) in [5.74, 6) is -0.399. The molecule has 0 saturated carbocycles. The number of amides is 2. The molecule has 1 aromatic carbocycles. The van der Waals surface area contributed by atoms with Crippen molar-refractivity contribution in [3.05, 3.63) is 45.8 Å². The number of nitriles is 1. The lowest BCUT2D eigenvalue weighted by Gasteiger charge is -2.33. The van der Waals surface area contributed by atoms with E-state index in [0.29, 0.717) is 16.1 Å². The van der Waals surface area contributed by atoms with Gasteiger partial charge in [-0.1, -0.05) is 6.92 Å². The first-order valence-electron chi connectivity index (χ1n) is 11.9. The van der Waals surface area contributed by atoms with E-state index >= 15 is 0 Å². The molecule has 0 bridgehead atoms. The maximum Gasteiger partial charge on any atom is 0.409 e. The Hall–Kier alpha value is -2.98. The summed E-state index contributed by atoms with van der Waals surface area (Å²) >= 11 is 1.42. The normalized spacial score (nSPS) is 16.8. The van der Waals surface area contributed by atoms with Crippen LogP contribution in [0, 0.1) is 11.3 Å². The zero-order valence-corrected chi connectivity index (χ0v) is 22.0. The number of thiophene rings is 1. The molecular formula is C24H29N5O5S2. The van der Waals surface area contributed by atoms with E-state index in [1.807, 2.05) is 0 Å². The van der Waals surface area contributed by atoms with Crippen LogP contribution in [0.15, 0.2) is 29.2 Å². The highest BCUT2D eigenvalue weighted by molar-refractivity contribution is 7.89. The molecule has 0 unspecified atom stereocenters. The lowest BCUT2D eigenvalue weighted by atomic mass is 10.0. The zero-order valence-electron chi connectivity index (χ0n) is 20.3. The Kier molecular flexibility index (Phi) is 7.94. The Bertz CT molecular complexity index is 1280. The van der Waals surface area contributed by atoms with E-state index in [-0.39, 0.29) is 37.7 Å². The largest absolute Gasteiger partial charge is 0.450 e. The number of fused-ring (bicyclic) bond motifs is 1. The fourth-order valence-corrected chi connectivity index (χ4v) is 7.02. The highest BCUT2D eigenvalue weighted by atomic mass is 32.2. The first kappa shape index (κ1) is 26.1. The lowest BCUT2D eigenvalue weighted by Crippen LogP contribution is -2.50. The molecule has 1 aromatic heterocycles. The Morgan fingerprint density at radius 2 is 1.81 bits per heavy atom. The second-order valence-corrected chi connectivity index (χ2v) is 11.6. The third-order valence-electron chi connectivity index (χ3n) is 6.44. The number of piperazine rings is 1. The van der Waals surface area contributed by atoms with Crippen LogP contribution < -0.4 is 5.32 Å². The maximum atomic E-state index is 13.1. The predicted octanol–water partition coefficient (Wildman–Crippen LogP) is 2.71. The molecule has 0 radical (unpaired) electrons. The van der Waals surface area contributed by atoms with Crippen LogP contribution in [0.25, 0.3) is 0 Å². The topological polar surface area (TPSA) is 123 Å². The number of carbonyl (C=O) groups is 2. The van der Waals surface area contributed by atoms with Gasteiger partial charge in [0.1, 0.15) is 11.1 Å². The van der Waals surface area contributed by atoms with Crippen LogP contribution in [-0.4, -0.2) is 80.4 Å². The summed E-state index contributed by atoms with van der Waals surface area (Å²) in [5, 5.41) is 13.1. The summed E-state index contributed by atoms with van der Waals surface area (Å²) < 4.78 is 32.4. The molecule has 36 heavy (non-hydrogen) atoms. The molecule has 10 nitrogen and oxygen atoms in total. The predicted molar refractivity (Wildman–Crippen MR) is 135 cm³/mol. The van der Waals surface area contributed by atoms with Gasteiger partial charge in [-0.25, -0.2) is 13.2 Å². The van der Waals surface area contributed by atoms with E-state index < -0.39 is 22.0 Å². The molecule has 2 aliphatic rings. The number of sulfonamides is 1. The van der Waals surface area contributed by atoms with Gasteiger partial charge in [0.25, 0.3) is 5.91 Å². The number of hydrogen-bond donors (Lipinski definition) is 1. The van der Waals surface area contributed by atoms with E-state index in [0.717, 1.165) is 36.5 Å². The minimum Gasteiger partial charge on any atom is -0.450 e. The van der Waals surface area contributed by atoms with Gasteiger partial charge < -0.3 is 15.0 Å². The number of benzene rings is 1. The fraction of sp³-hybridized carbons (Fsp3) is 0.458. The molecule has 1 fully saturated rings. The van der Waals surface area contributed by atoms with Crippen LogP contribution in [-0.2, 0) is 27.7 Å². The van der Waals surface area contributed by atoms with E-state index in [1.54, 1.807) is 6.92 Å². The zero-order chi connectivity index (χ0) is 25.9. The maximum absolute atomic E-state index is 13.1. The average molecular weight is 532 g/mol. The van der Waals surface area contributed by atoms with Gasteiger partial charge >= 0.3 is 6.09 Å². The monoisotopic (exact) mass is 531 g/mol. The lowest BCUT2D eigenvalue weighted by molar-refractivity contribution is 0.0933. The van der Waals surface area contributed by atoms with E-state index in [9.17, 15) is 23.3 Å². The van der Waals surface area contributed by atoms with Crippen molar-refractivity contribution in [1.82, 2.24) is 14.1 Å². The number of ether oxygens (including phenoxy) is 1. The highest BCUT2D eigenvalue weighted by Crippen LogP contribution is 2.36. The van der Waals surface area contributed by atoms with Gasteiger partial charge in [0.05, 0.1) is 17.1 Å². The molecule has 0 atom stereocenters. The van der Waals surface area contributed by atoms with Crippen LogP contribution in [0.1, 0.15) is 40.2 Å². The molecule has 1 N–H and O–H groups in total. The van der Waals surface area contributed by atoms with Crippen molar-refractivity contribution in [2.24, 2.45) is 0 Å². The summed E-state index contributed by atoms with van der Waals surface area (Å²) in [6, 6.07) is 7.99. The summed E-state index contributed by atoms with van der Waals surface area (Å²) in [4.78, 5) is 29.7. The molecule has 4 rings (SSSR count). The molecular weight excluding hydrogens is 502 g/mol. The molecule has 0 spiro atoms. The third kappa shape index (κ3) is 5.24. The van der Waals surface area contributed by atoms with Gasteiger partial charge in [0.2, 0.25) is 10.0 Å². The van der Waals surface area contributed by atoms with Crippen LogP contribution >= 0.6 is 11.3 Å². The van der Waals surface area contributed by atoms with E-state index in [1.165, 1.54) is 44.8 Å². The van der Waals surface area contributed by atoms with Crippen LogP contribution in [0.5, 0.6) is 0 Å². The number of nitrogens with one attached hydrogen (secondary N) is 1. The SMILES string of the molecule is CCOC(=O)N1CCN(S(=O)(=O)c2ccc(C(=O)Nc3sc4c(c3C#N)CCN(CC)C4)cc2)CC1. The van der Waals surface area contributed by atoms with Gasteiger partial charge in [-0.2, -0.15) is 9.57 Å². The summed E-state index contributed by atoms with van der Waals surface area (Å²) in [6.07, 6.45) is 0.331. The minimum atomic E-state index is -3.77. The number of nitrogens with zero attached hydrogens (tertiary/aromatic N) is 4. The first-order valence-corrected chi connectivity index (χ1v) is 14.1. The van der Waals surface area contributed by atoms with Gasteiger partial charge in [-0.15, -0.1) is 11.3 Å². The minimum absolute atomic E-state index is 0.0765. The van der Waals surface area contributed by atoms with Crippen molar-refractivity contribution in [3.8, 4) is 6.07 Å². The van der Waals surface area contributed by atoms with Crippen molar-refractivity contribution in [2.45, 2.75) is 31.7 Å². The number of anilines is 1. The Labute approximate surface area is 215 Å². The quantitative estimate of drug-likeness (QED) is 0.608. The van der Waals surface area contributed by atoms with Crippen molar-refractivity contribution in [3.63, 3.8) is 0 Å². The van der Waals surface area contributed by atoms with Crippen molar-refractivity contribution in [1.29, 1.82) is 5.26 Å². The Morgan fingerprint density at radius 1 is 1.11 bits per heavy atom. The smallest absolute Gasteiger partial charge is 0.409 e. The molecule has 192 valence electrons. The third-order valence-corrected chi connectivity index (χ3v) is 9.49. The first-order chi connectivity index (χ1) is 17.3.